The average Bonchev–Trinajstić information content (AvgIpc) is 2.82. The van der Waals surface area contributed by atoms with Crippen molar-refractivity contribution in [2.45, 2.75) is 31.7 Å². The van der Waals surface area contributed by atoms with Crippen LogP contribution in [-0.4, -0.2) is 37.7 Å². The molecule has 1 unspecified atom stereocenters. The Kier molecular flexibility index (Phi) is 5.27. The molecule has 1 aromatic heterocycles. The molecule has 2 heterocycles. The van der Waals surface area contributed by atoms with E-state index in [0.717, 1.165) is 18.8 Å². The third-order valence-corrected chi connectivity index (χ3v) is 3.58. The topological polar surface area (TPSA) is 54.7 Å². The Hall–Kier alpha value is -1.49. The monoisotopic (exact) mass is 266 g/mol. The molecule has 1 aliphatic heterocycles. The third kappa shape index (κ3) is 3.99. The van der Waals surface area contributed by atoms with Gasteiger partial charge in [-0.25, -0.2) is 4.79 Å². The fourth-order valence-corrected chi connectivity index (χ4v) is 2.55. The second kappa shape index (κ2) is 7.19. The predicted molar refractivity (Wildman–Crippen MR) is 71.9 cm³/mol. The van der Waals surface area contributed by atoms with E-state index in [9.17, 15) is 4.79 Å². The van der Waals surface area contributed by atoms with Crippen LogP contribution >= 0.6 is 0 Å². The predicted octanol–water partition coefficient (Wildman–Crippen LogP) is 2.55. The first-order valence-corrected chi connectivity index (χ1v) is 6.90. The van der Waals surface area contributed by atoms with Crippen molar-refractivity contribution in [3.63, 3.8) is 0 Å². The number of likely N-dealkylation sites (tertiary alicyclic amines) is 1. The minimum absolute atomic E-state index is 0.0900. The summed E-state index contributed by atoms with van der Waals surface area (Å²) in [6, 6.07) is 3.94. The number of carbonyl (C=O) groups is 1. The van der Waals surface area contributed by atoms with Gasteiger partial charge in [0.1, 0.15) is 5.76 Å². The molecule has 0 aromatic carbocycles. The molecule has 106 valence electrons. The minimum atomic E-state index is -0.397. The Labute approximate surface area is 113 Å². The SMILES string of the molecule is COC(=O)NCC(c1ccco1)N1CCCCCC1. The van der Waals surface area contributed by atoms with Crippen molar-refractivity contribution in [2.75, 3.05) is 26.7 Å². The maximum absolute atomic E-state index is 11.3. The number of ether oxygens (including phenoxy) is 1. The zero-order chi connectivity index (χ0) is 13.5. The fraction of sp³-hybridized carbons (Fsp3) is 0.643. The van der Waals surface area contributed by atoms with E-state index in [0.29, 0.717) is 6.54 Å². The van der Waals surface area contributed by atoms with Gasteiger partial charge in [-0.05, 0) is 38.1 Å². The normalized spacial score (nSPS) is 18.6. The van der Waals surface area contributed by atoms with Crippen LogP contribution in [0.2, 0.25) is 0 Å². The van der Waals surface area contributed by atoms with Gasteiger partial charge in [0.15, 0.2) is 0 Å². The van der Waals surface area contributed by atoms with E-state index in [4.69, 9.17) is 4.42 Å². The molecular weight excluding hydrogens is 244 g/mol. The summed E-state index contributed by atoms with van der Waals surface area (Å²) in [4.78, 5) is 13.6. The lowest BCUT2D eigenvalue weighted by Crippen LogP contribution is -2.38. The Morgan fingerprint density at radius 2 is 2.16 bits per heavy atom. The highest BCUT2D eigenvalue weighted by molar-refractivity contribution is 5.66. The molecule has 0 saturated carbocycles. The Balaban J connectivity index is 2.02. The van der Waals surface area contributed by atoms with Gasteiger partial charge in [-0.1, -0.05) is 12.8 Å². The number of carbonyl (C=O) groups excluding carboxylic acids is 1. The summed E-state index contributed by atoms with van der Waals surface area (Å²) >= 11 is 0. The van der Waals surface area contributed by atoms with Gasteiger partial charge in [-0.15, -0.1) is 0 Å². The van der Waals surface area contributed by atoms with Gasteiger partial charge in [-0.3, -0.25) is 4.90 Å². The second-order valence-corrected chi connectivity index (χ2v) is 4.85. The number of rotatable bonds is 4. The van der Waals surface area contributed by atoms with Crippen LogP contribution in [0.1, 0.15) is 37.5 Å². The summed E-state index contributed by atoms with van der Waals surface area (Å²) in [6.45, 7) is 2.61. The number of hydrogen-bond acceptors (Lipinski definition) is 4. The van der Waals surface area contributed by atoms with Crippen LogP contribution in [0.15, 0.2) is 22.8 Å². The maximum Gasteiger partial charge on any atom is 0.406 e. The number of hydrogen-bond donors (Lipinski definition) is 1. The van der Waals surface area contributed by atoms with Crippen molar-refractivity contribution in [2.24, 2.45) is 0 Å². The molecule has 1 atom stereocenters. The van der Waals surface area contributed by atoms with E-state index in [1.807, 2.05) is 12.1 Å². The van der Waals surface area contributed by atoms with Crippen molar-refractivity contribution < 1.29 is 13.9 Å². The number of amides is 1. The summed E-state index contributed by atoms with van der Waals surface area (Å²) in [5.74, 6) is 0.901. The van der Waals surface area contributed by atoms with E-state index < -0.39 is 6.09 Å². The minimum Gasteiger partial charge on any atom is -0.468 e. The molecule has 5 heteroatoms. The van der Waals surface area contributed by atoms with Gasteiger partial charge in [0.2, 0.25) is 0 Å². The van der Waals surface area contributed by atoms with Gasteiger partial charge in [0, 0.05) is 6.54 Å². The Morgan fingerprint density at radius 3 is 2.74 bits per heavy atom. The zero-order valence-electron chi connectivity index (χ0n) is 11.4. The van der Waals surface area contributed by atoms with Gasteiger partial charge in [0.25, 0.3) is 0 Å². The molecule has 0 spiro atoms. The smallest absolute Gasteiger partial charge is 0.406 e. The lowest BCUT2D eigenvalue weighted by molar-refractivity contribution is 0.151. The highest BCUT2D eigenvalue weighted by Crippen LogP contribution is 2.24. The molecule has 2 rings (SSSR count). The van der Waals surface area contributed by atoms with Crippen LogP contribution in [0.25, 0.3) is 0 Å². The summed E-state index contributed by atoms with van der Waals surface area (Å²) < 4.78 is 10.2. The third-order valence-electron chi connectivity index (χ3n) is 3.58. The number of furan rings is 1. The lowest BCUT2D eigenvalue weighted by atomic mass is 10.1. The van der Waals surface area contributed by atoms with Crippen LogP contribution in [0.5, 0.6) is 0 Å². The first kappa shape index (κ1) is 13.9. The molecule has 1 fully saturated rings. The van der Waals surface area contributed by atoms with E-state index in [-0.39, 0.29) is 6.04 Å². The number of nitrogens with one attached hydrogen (secondary N) is 1. The Bertz CT molecular complexity index is 370. The number of alkyl carbamates (subject to hydrolysis) is 1. The molecule has 1 aromatic rings. The molecule has 19 heavy (non-hydrogen) atoms. The van der Waals surface area contributed by atoms with Crippen LogP contribution < -0.4 is 5.32 Å². The van der Waals surface area contributed by atoms with Gasteiger partial charge in [-0.2, -0.15) is 0 Å². The molecule has 1 aliphatic rings. The molecule has 1 amide bonds. The summed E-state index contributed by atoms with van der Waals surface area (Å²) in [5.41, 5.74) is 0. The molecule has 1 N–H and O–H groups in total. The molecule has 1 saturated heterocycles. The van der Waals surface area contributed by atoms with Crippen molar-refractivity contribution in [3.05, 3.63) is 24.2 Å². The van der Waals surface area contributed by atoms with Gasteiger partial charge in [0.05, 0.1) is 19.4 Å². The van der Waals surface area contributed by atoms with Crippen molar-refractivity contribution in [1.82, 2.24) is 10.2 Å². The zero-order valence-corrected chi connectivity index (χ0v) is 11.4. The van der Waals surface area contributed by atoms with Crippen LogP contribution in [0.4, 0.5) is 4.79 Å². The summed E-state index contributed by atoms with van der Waals surface area (Å²) in [7, 11) is 1.38. The highest BCUT2D eigenvalue weighted by atomic mass is 16.5. The van der Waals surface area contributed by atoms with E-state index in [1.165, 1.54) is 32.8 Å². The molecular formula is C14H22N2O3. The Morgan fingerprint density at radius 1 is 1.42 bits per heavy atom. The van der Waals surface area contributed by atoms with Crippen LogP contribution in [0, 0.1) is 0 Å². The van der Waals surface area contributed by atoms with Crippen molar-refractivity contribution in [3.8, 4) is 0 Å². The van der Waals surface area contributed by atoms with Gasteiger partial charge < -0.3 is 14.5 Å². The summed E-state index contributed by atoms with van der Waals surface area (Å²) in [6.07, 6.45) is 6.26. The van der Waals surface area contributed by atoms with E-state index >= 15 is 0 Å². The molecule has 5 nitrogen and oxygen atoms in total. The standard InChI is InChI=1S/C14H22N2O3/c1-18-14(17)15-11-12(13-7-6-10-19-13)16-8-4-2-3-5-9-16/h6-7,10,12H,2-5,8-9,11H2,1H3,(H,15,17). The molecule has 0 radical (unpaired) electrons. The van der Waals surface area contributed by atoms with E-state index in [2.05, 4.69) is 15.0 Å². The number of nitrogens with zero attached hydrogens (tertiary/aromatic N) is 1. The van der Waals surface area contributed by atoms with Crippen molar-refractivity contribution in [1.29, 1.82) is 0 Å². The molecule has 0 bridgehead atoms. The van der Waals surface area contributed by atoms with Crippen LogP contribution in [0.3, 0.4) is 0 Å². The summed E-state index contributed by atoms with van der Waals surface area (Å²) in [5, 5.41) is 2.78. The number of methoxy groups -OCH3 is 1. The van der Waals surface area contributed by atoms with Crippen LogP contribution in [-0.2, 0) is 4.74 Å². The fourth-order valence-electron chi connectivity index (χ4n) is 2.55. The average molecular weight is 266 g/mol. The second-order valence-electron chi connectivity index (χ2n) is 4.85. The highest BCUT2D eigenvalue weighted by Gasteiger charge is 2.24. The first-order valence-electron chi connectivity index (χ1n) is 6.90. The van der Waals surface area contributed by atoms with E-state index in [1.54, 1.807) is 6.26 Å². The molecule has 0 aliphatic carbocycles. The van der Waals surface area contributed by atoms with Gasteiger partial charge >= 0.3 is 6.09 Å². The quantitative estimate of drug-likeness (QED) is 0.910. The first-order chi connectivity index (χ1) is 9.31. The maximum atomic E-state index is 11.3. The largest absolute Gasteiger partial charge is 0.468 e. The van der Waals surface area contributed by atoms with Crippen molar-refractivity contribution >= 4 is 6.09 Å². The lowest BCUT2D eigenvalue weighted by Gasteiger charge is -2.29.